The molecule has 1 N–H and O–H groups in total. The molecule has 2 aliphatic rings. The van der Waals surface area contributed by atoms with E-state index in [-0.39, 0.29) is 22.1 Å². The predicted octanol–water partition coefficient (Wildman–Crippen LogP) is 4.25. The zero-order chi connectivity index (χ0) is 18.7. The van der Waals surface area contributed by atoms with Crippen molar-refractivity contribution in [3.05, 3.63) is 64.4 Å². The van der Waals surface area contributed by atoms with E-state index >= 15 is 0 Å². The SMILES string of the molecule is CC1(C)CN(C(=O)c2cccc(F)c2)[C@]2(S1)C(=O)Nc1ccc(Cl)cc12. The Labute approximate surface area is 159 Å². The Bertz CT molecular complexity index is 949. The number of carbonyl (C=O) groups excluding carboxylic acids is 2. The van der Waals surface area contributed by atoms with Crippen molar-refractivity contribution in [2.45, 2.75) is 23.5 Å². The van der Waals surface area contributed by atoms with E-state index < -0.39 is 10.7 Å². The molecule has 26 heavy (non-hydrogen) atoms. The van der Waals surface area contributed by atoms with Crippen molar-refractivity contribution in [1.29, 1.82) is 0 Å². The number of amides is 2. The van der Waals surface area contributed by atoms with Gasteiger partial charge in [-0.15, -0.1) is 11.8 Å². The average Bonchev–Trinajstić information content (AvgIpc) is 3.02. The standard InChI is InChI=1S/C19H16ClFN2O2S/c1-18(2)10-23(16(24)11-4-3-5-13(21)8-11)19(26-18)14-9-12(20)6-7-15(14)22-17(19)25/h3-9H,10H2,1-2H3,(H,22,25)/t19-/m1/s1. The van der Waals surface area contributed by atoms with Gasteiger partial charge in [0.25, 0.3) is 11.8 Å². The van der Waals surface area contributed by atoms with Gasteiger partial charge in [0.15, 0.2) is 4.87 Å². The fraction of sp³-hybridized carbons (Fsp3) is 0.263. The van der Waals surface area contributed by atoms with Gasteiger partial charge in [-0.3, -0.25) is 9.59 Å². The van der Waals surface area contributed by atoms with E-state index in [0.29, 0.717) is 22.8 Å². The van der Waals surface area contributed by atoms with Crippen LogP contribution < -0.4 is 5.32 Å². The van der Waals surface area contributed by atoms with E-state index in [1.807, 2.05) is 13.8 Å². The first-order valence-corrected chi connectivity index (χ1v) is 9.32. The van der Waals surface area contributed by atoms with Crippen LogP contribution in [0.3, 0.4) is 0 Å². The minimum absolute atomic E-state index is 0.214. The maximum absolute atomic E-state index is 13.6. The Morgan fingerprint density at radius 3 is 2.77 bits per heavy atom. The number of nitrogens with zero attached hydrogens (tertiary/aromatic N) is 1. The molecule has 2 aromatic carbocycles. The van der Waals surface area contributed by atoms with Crippen LogP contribution in [0, 0.1) is 5.82 Å². The van der Waals surface area contributed by atoms with Crippen molar-refractivity contribution < 1.29 is 14.0 Å². The number of carbonyl (C=O) groups is 2. The summed E-state index contributed by atoms with van der Waals surface area (Å²) >= 11 is 7.58. The summed E-state index contributed by atoms with van der Waals surface area (Å²) in [6.45, 7) is 4.31. The highest BCUT2D eigenvalue weighted by Crippen LogP contribution is 2.58. The lowest BCUT2D eigenvalue weighted by Crippen LogP contribution is -2.48. The molecule has 2 amide bonds. The number of hydrogen-bond donors (Lipinski definition) is 1. The second-order valence-corrected chi connectivity index (χ2v) is 9.39. The van der Waals surface area contributed by atoms with Crippen LogP contribution in [0.4, 0.5) is 10.1 Å². The van der Waals surface area contributed by atoms with Gasteiger partial charge in [-0.1, -0.05) is 17.7 Å². The summed E-state index contributed by atoms with van der Waals surface area (Å²) in [5.41, 5.74) is 1.52. The van der Waals surface area contributed by atoms with Crippen LogP contribution in [-0.2, 0) is 9.67 Å². The lowest BCUT2D eigenvalue weighted by atomic mass is 10.0. The maximum Gasteiger partial charge on any atom is 0.265 e. The first-order chi connectivity index (χ1) is 12.2. The van der Waals surface area contributed by atoms with Crippen molar-refractivity contribution in [2.24, 2.45) is 0 Å². The molecule has 0 aromatic heterocycles. The van der Waals surface area contributed by atoms with Gasteiger partial charge in [0, 0.05) is 33.1 Å². The molecule has 1 atom stereocenters. The van der Waals surface area contributed by atoms with Crippen molar-refractivity contribution in [2.75, 3.05) is 11.9 Å². The topological polar surface area (TPSA) is 49.4 Å². The summed E-state index contributed by atoms with van der Waals surface area (Å²) in [5.74, 6) is -1.16. The van der Waals surface area contributed by atoms with Crippen molar-refractivity contribution in [1.82, 2.24) is 4.90 Å². The third-order valence-electron chi connectivity index (χ3n) is 4.56. The molecule has 0 unspecified atom stereocenters. The van der Waals surface area contributed by atoms with Gasteiger partial charge in [-0.2, -0.15) is 0 Å². The quantitative estimate of drug-likeness (QED) is 0.791. The average molecular weight is 391 g/mol. The third-order valence-corrected chi connectivity index (χ3v) is 6.40. The number of hydrogen-bond acceptors (Lipinski definition) is 3. The first-order valence-electron chi connectivity index (χ1n) is 8.12. The Morgan fingerprint density at radius 2 is 2.04 bits per heavy atom. The van der Waals surface area contributed by atoms with E-state index in [1.165, 1.54) is 34.9 Å². The van der Waals surface area contributed by atoms with Crippen LogP contribution in [0.2, 0.25) is 5.02 Å². The largest absolute Gasteiger partial charge is 0.323 e. The first kappa shape index (κ1) is 17.4. The van der Waals surface area contributed by atoms with Gasteiger partial charge in [-0.05, 0) is 50.2 Å². The highest BCUT2D eigenvalue weighted by atomic mass is 35.5. The minimum Gasteiger partial charge on any atom is -0.323 e. The van der Waals surface area contributed by atoms with Gasteiger partial charge < -0.3 is 10.2 Å². The molecule has 2 aromatic rings. The van der Waals surface area contributed by atoms with Crippen molar-refractivity contribution in [3.8, 4) is 0 Å². The molecule has 0 saturated carbocycles. The number of anilines is 1. The van der Waals surface area contributed by atoms with Gasteiger partial charge in [0.1, 0.15) is 5.82 Å². The number of fused-ring (bicyclic) bond motifs is 2. The summed E-state index contributed by atoms with van der Waals surface area (Å²) in [6, 6.07) is 10.7. The van der Waals surface area contributed by atoms with E-state index in [1.54, 1.807) is 24.3 Å². The monoisotopic (exact) mass is 390 g/mol. The number of thioether (sulfide) groups is 1. The van der Waals surface area contributed by atoms with Crippen LogP contribution in [0.15, 0.2) is 42.5 Å². The van der Waals surface area contributed by atoms with Crippen LogP contribution in [0.5, 0.6) is 0 Å². The molecular weight excluding hydrogens is 375 g/mol. The molecule has 0 radical (unpaired) electrons. The smallest absolute Gasteiger partial charge is 0.265 e. The number of nitrogens with one attached hydrogen (secondary N) is 1. The van der Waals surface area contributed by atoms with Crippen LogP contribution in [0.1, 0.15) is 29.8 Å². The number of halogens is 2. The number of benzene rings is 2. The van der Waals surface area contributed by atoms with Gasteiger partial charge in [0.2, 0.25) is 0 Å². The third kappa shape index (κ3) is 2.51. The Balaban J connectivity index is 1.88. The van der Waals surface area contributed by atoms with Gasteiger partial charge in [0.05, 0.1) is 0 Å². The van der Waals surface area contributed by atoms with Crippen molar-refractivity contribution in [3.63, 3.8) is 0 Å². The maximum atomic E-state index is 13.6. The van der Waals surface area contributed by atoms with Gasteiger partial charge in [-0.25, -0.2) is 4.39 Å². The summed E-state index contributed by atoms with van der Waals surface area (Å²) in [4.78, 5) is 26.6. The Hall–Kier alpha value is -2.05. The van der Waals surface area contributed by atoms with Gasteiger partial charge >= 0.3 is 0 Å². The van der Waals surface area contributed by atoms with E-state index in [4.69, 9.17) is 11.6 Å². The summed E-state index contributed by atoms with van der Waals surface area (Å²) in [7, 11) is 0. The van der Waals surface area contributed by atoms with Crippen LogP contribution in [-0.4, -0.2) is 28.0 Å². The number of rotatable bonds is 1. The molecule has 1 fully saturated rings. The van der Waals surface area contributed by atoms with Crippen LogP contribution in [0.25, 0.3) is 0 Å². The molecule has 2 heterocycles. The molecule has 2 aliphatic heterocycles. The lowest BCUT2D eigenvalue weighted by molar-refractivity contribution is -0.121. The highest BCUT2D eigenvalue weighted by molar-refractivity contribution is 8.02. The summed E-state index contributed by atoms with van der Waals surface area (Å²) in [5, 5.41) is 3.35. The second-order valence-electron chi connectivity index (χ2n) is 7.05. The van der Waals surface area contributed by atoms with E-state index in [0.717, 1.165) is 0 Å². The molecule has 1 spiro atoms. The molecule has 1 saturated heterocycles. The molecule has 4 rings (SSSR count). The predicted molar refractivity (Wildman–Crippen MR) is 101 cm³/mol. The normalized spacial score (nSPS) is 23.2. The molecule has 4 nitrogen and oxygen atoms in total. The minimum atomic E-state index is -1.22. The van der Waals surface area contributed by atoms with E-state index in [2.05, 4.69) is 5.32 Å². The summed E-state index contributed by atoms with van der Waals surface area (Å²) in [6.07, 6.45) is 0. The lowest BCUT2D eigenvalue weighted by Gasteiger charge is -2.32. The molecule has 0 aliphatic carbocycles. The Kier molecular flexibility index (Phi) is 3.82. The Morgan fingerprint density at radius 1 is 1.27 bits per heavy atom. The molecule has 7 heteroatoms. The fourth-order valence-corrected chi connectivity index (χ4v) is 5.42. The highest BCUT2D eigenvalue weighted by Gasteiger charge is 2.61. The van der Waals surface area contributed by atoms with Crippen molar-refractivity contribution >= 4 is 40.9 Å². The summed E-state index contributed by atoms with van der Waals surface area (Å²) < 4.78 is 13.3. The molecule has 134 valence electrons. The zero-order valence-corrected chi connectivity index (χ0v) is 15.7. The zero-order valence-electron chi connectivity index (χ0n) is 14.2. The van der Waals surface area contributed by atoms with E-state index in [9.17, 15) is 14.0 Å². The molecule has 0 bridgehead atoms. The second kappa shape index (κ2) is 5.72. The fourth-order valence-electron chi connectivity index (χ4n) is 3.58. The molecular formula is C19H16ClFN2O2S. The van der Waals surface area contributed by atoms with Crippen LogP contribution >= 0.6 is 23.4 Å².